The number of thiocarbonyl (C=S) groups is 1. The minimum atomic E-state index is -0.549. The fourth-order valence-electron chi connectivity index (χ4n) is 2.03. The van der Waals surface area contributed by atoms with Crippen molar-refractivity contribution in [2.24, 2.45) is 5.73 Å². The Labute approximate surface area is 123 Å². The molecule has 0 bridgehead atoms. The van der Waals surface area contributed by atoms with E-state index in [1.54, 1.807) is 12.5 Å². The summed E-state index contributed by atoms with van der Waals surface area (Å²) in [6, 6.07) is 9.28. The van der Waals surface area contributed by atoms with E-state index in [1.165, 1.54) is 0 Å². The van der Waals surface area contributed by atoms with Crippen LogP contribution in [0.3, 0.4) is 0 Å². The number of rotatable bonds is 6. The van der Waals surface area contributed by atoms with Gasteiger partial charge in [-0.2, -0.15) is 0 Å². The molecule has 2 aromatic rings. The van der Waals surface area contributed by atoms with Crippen molar-refractivity contribution in [3.05, 3.63) is 59.5 Å². The molecule has 1 aromatic heterocycles. The molecule has 0 saturated heterocycles. The van der Waals surface area contributed by atoms with Gasteiger partial charge in [0.1, 0.15) is 4.99 Å². The van der Waals surface area contributed by atoms with Crippen LogP contribution in [0.4, 0.5) is 0 Å². The number of nitrogens with two attached hydrogens (primary N) is 1. The third-order valence-corrected chi connectivity index (χ3v) is 3.33. The van der Waals surface area contributed by atoms with E-state index in [9.17, 15) is 5.11 Å². The number of likely N-dealkylation sites (N-methyl/N-ethyl adjacent to an activating group) is 1. The number of furan rings is 1. The number of benzene rings is 1. The van der Waals surface area contributed by atoms with Crippen molar-refractivity contribution < 1.29 is 9.52 Å². The molecule has 0 aliphatic carbocycles. The molecule has 2 rings (SSSR count). The summed E-state index contributed by atoms with van der Waals surface area (Å²) in [7, 11) is 1.96. The first-order valence-corrected chi connectivity index (χ1v) is 6.74. The highest BCUT2D eigenvalue weighted by Gasteiger charge is 2.11. The fraction of sp³-hybridized carbons (Fsp3) is 0.267. The molecule has 0 spiro atoms. The molecule has 4 nitrogen and oxygen atoms in total. The van der Waals surface area contributed by atoms with Crippen molar-refractivity contribution in [2.45, 2.75) is 12.6 Å². The lowest BCUT2D eigenvalue weighted by Gasteiger charge is -2.20. The molecule has 20 heavy (non-hydrogen) atoms. The van der Waals surface area contributed by atoms with Gasteiger partial charge in [-0.1, -0.05) is 36.5 Å². The molecule has 1 unspecified atom stereocenters. The Bertz CT molecular complexity index is 552. The van der Waals surface area contributed by atoms with E-state index in [-0.39, 0.29) is 0 Å². The predicted octanol–water partition coefficient (Wildman–Crippen LogP) is 2.08. The van der Waals surface area contributed by atoms with E-state index >= 15 is 0 Å². The Balaban J connectivity index is 1.93. The van der Waals surface area contributed by atoms with Crippen LogP contribution in [0, 0.1) is 0 Å². The van der Waals surface area contributed by atoms with Crippen LogP contribution in [0.15, 0.2) is 47.3 Å². The van der Waals surface area contributed by atoms with Crippen molar-refractivity contribution >= 4 is 17.2 Å². The number of nitrogens with zero attached hydrogens (tertiary/aromatic N) is 1. The minimum Gasteiger partial charge on any atom is -0.472 e. The highest BCUT2D eigenvalue weighted by Crippen LogP contribution is 2.16. The van der Waals surface area contributed by atoms with E-state index in [4.69, 9.17) is 22.4 Å². The molecule has 0 amide bonds. The SMILES string of the molecule is CN(Cc1ccoc1)CC(O)c1ccc(C(N)=S)cc1. The van der Waals surface area contributed by atoms with Crippen molar-refractivity contribution in [3.63, 3.8) is 0 Å². The third kappa shape index (κ3) is 3.90. The summed E-state index contributed by atoms with van der Waals surface area (Å²) in [5.74, 6) is 0. The van der Waals surface area contributed by atoms with Crippen LogP contribution >= 0.6 is 12.2 Å². The average molecular weight is 290 g/mol. The zero-order valence-corrected chi connectivity index (χ0v) is 12.1. The Kier molecular flexibility index (Phi) is 4.89. The molecular formula is C15H18N2O2S. The monoisotopic (exact) mass is 290 g/mol. The summed E-state index contributed by atoms with van der Waals surface area (Å²) < 4.78 is 5.03. The standard InChI is InChI=1S/C15H18N2O2S/c1-17(8-11-6-7-19-10-11)9-14(18)12-2-4-13(5-3-12)15(16)20/h2-7,10,14,18H,8-9H2,1H3,(H2,16,20). The van der Waals surface area contributed by atoms with Gasteiger partial charge in [0.15, 0.2) is 0 Å². The average Bonchev–Trinajstić information content (AvgIpc) is 2.91. The molecule has 106 valence electrons. The van der Waals surface area contributed by atoms with Crippen LogP contribution in [0.2, 0.25) is 0 Å². The Morgan fingerprint density at radius 3 is 2.60 bits per heavy atom. The predicted molar refractivity (Wildman–Crippen MR) is 82.3 cm³/mol. The van der Waals surface area contributed by atoms with Gasteiger partial charge in [-0.05, 0) is 18.7 Å². The fourth-order valence-corrected chi connectivity index (χ4v) is 2.17. The summed E-state index contributed by atoms with van der Waals surface area (Å²) in [5, 5.41) is 10.2. The molecule has 0 aliphatic heterocycles. The second kappa shape index (κ2) is 6.65. The second-order valence-electron chi connectivity index (χ2n) is 4.83. The van der Waals surface area contributed by atoms with E-state index in [2.05, 4.69) is 0 Å². The van der Waals surface area contributed by atoms with Crippen molar-refractivity contribution in [2.75, 3.05) is 13.6 Å². The zero-order chi connectivity index (χ0) is 14.5. The molecule has 1 heterocycles. The molecular weight excluding hydrogens is 272 g/mol. The molecule has 5 heteroatoms. The van der Waals surface area contributed by atoms with Gasteiger partial charge in [-0.25, -0.2) is 0 Å². The van der Waals surface area contributed by atoms with Crippen LogP contribution in [0.1, 0.15) is 22.8 Å². The molecule has 1 atom stereocenters. The molecule has 1 aromatic carbocycles. The minimum absolute atomic E-state index is 0.364. The summed E-state index contributed by atoms with van der Waals surface area (Å²) in [6.45, 7) is 1.27. The molecule has 0 radical (unpaired) electrons. The van der Waals surface area contributed by atoms with Crippen LogP contribution in [-0.4, -0.2) is 28.6 Å². The first kappa shape index (κ1) is 14.7. The first-order chi connectivity index (χ1) is 9.56. The number of hydrogen-bond donors (Lipinski definition) is 2. The van der Waals surface area contributed by atoms with E-state index in [1.807, 2.05) is 42.3 Å². The third-order valence-electron chi connectivity index (χ3n) is 3.10. The first-order valence-electron chi connectivity index (χ1n) is 6.33. The van der Waals surface area contributed by atoms with Gasteiger partial charge in [0.05, 0.1) is 18.6 Å². The highest BCUT2D eigenvalue weighted by atomic mass is 32.1. The normalized spacial score (nSPS) is 12.6. The van der Waals surface area contributed by atoms with Gasteiger partial charge in [-0.3, -0.25) is 4.90 Å². The Morgan fingerprint density at radius 1 is 1.35 bits per heavy atom. The zero-order valence-electron chi connectivity index (χ0n) is 11.3. The Hall–Kier alpha value is -1.69. The summed E-state index contributed by atoms with van der Waals surface area (Å²) >= 11 is 4.90. The van der Waals surface area contributed by atoms with Gasteiger partial charge in [0.25, 0.3) is 0 Å². The second-order valence-corrected chi connectivity index (χ2v) is 5.27. The number of hydrogen-bond acceptors (Lipinski definition) is 4. The quantitative estimate of drug-likeness (QED) is 0.798. The van der Waals surface area contributed by atoms with Crippen molar-refractivity contribution in [1.29, 1.82) is 0 Å². The van der Waals surface area contributed by atoms with Gasteiger partial charge >= 0.3 is 0 Å². The lowest BCUT2D eigenvalue weighted by atomic mass is 10.1. The molecule has 0 saturated carbocycles. The molecule has 3 N–H and O–H groups in total. The van der Waals surface area contributed by atoms with Gasteiger partial charge in [0.2, 0.25) is 0 Å². The van der Waals surface area contributed by atoms with Crippen molar-refractivity contribution in [3.8, 4) is 0 Å². The van der Waals surface area contributed by atoms with Crippen LogP contribution < -0.4 is 5.73 Å². The largest absolute Gasteiger partial charge is 0.472 e. The van der Waals surface area contributed by atoms with Gasteiger partial charge < -0.3 is 15.3 Å². The smallest absolute Gasteiger partial charge is 0.103 e. The van der Waals surface area contributed by atoms with Gasteiger partial charge in [-0.15, -0.1) is 0 Å². The maximum atomic E-state index is 10.2. The van der Waals surface area contributed by atoms with Crippen LogP contribution in [0.5, 0.6) is 0 Å². The summed E-state index contributed by atoms with van der Waals surface area (Å²) in [4.78, 5) is 2.40. The van der Waals surface area contributed by atoms with Crippen LogP contribution in [0.25, 0.3) is 0 Å². The Morgan fingerprint density at radius 2 is 2.05 bits per heavy atom. The van der Waals surface area contributed by atoms with Crippen molar-refractivity contribution in [1.82, 2.24) is 4.90 Å². The summed E-state index contributed by atoms with van der Waals surface area (Å²) in [6.07, 6.45) is 2.81. The maximum absolute atomic E-state index is 10.2. The maximum Gasteiger partial charge on any atom is 0.103 e. The number of aliphatic hydroxyl groups excluding tert-OH is 1. The highest BCUT2D eigenvalue weighted by molar-refractivity contribution is 7.80. The molecule has 0 fully saturated rings. The molecule has 0 aliphatic rings. The lowest BCUT2D eigenvalue weighted by Crippen LogP contribution is -2.24. The van der Waals surface area contributed by atoms with Gasteiger partial charge in [0, 0.05) is 24.2 Å². The number of aliphatic hydroxyl groups is 1. The lowest BCUT2D eigenvalue weighted by molar-refractivity contribution is 0.123. The summed E-state index contributed by atoms with van der Waals surface area (Å²) in [5.41, 5.74) is 8.29. The van der Waals surface area contributed by atoms with Crippen LogP contribution in [-0.2, 0) is 6.54 Å². The van der Waals surface area contributed by atoms with E-state index < -0.39 is 6.10 Å². The van der Waals surface area contributed by atoms with E-state index in [0.29, 0.717) is 11.5 Å². The topological polar surface area (TPSA) is 62.6 Å². The van der Waals surface area contributed by atoms with E-state index in [0.717, 1.165) is 23.2 Å².